The lowest BCUT2D eigenvalue weighted by atomic mass is 9.90. The number of nitrogens with zero attached hydrogens (tertiary/aromatic N) is 1. The van der Waals surface area contributed by atoms with E-state index in [9.17, 15) is 4.39 Å². The third-order valence-electron chi connectivity index (χ3n) is 3.97. The summed E-state index contributed by atoms with van der Waals surface area (Å²) in [5.41, 5.74) is 12.2. The molecule has 5 N–H and O–H groups in total. The molecule has 0 amide bonds. The highest BCUT2D eigenvalue weighted by molar-refractivity contribution is 5.50. The van der Waals surface area contributed by atoms with Crippen molar-refractivity contribution in [3.63, 3.8) is 0 Å². The molecule has 1 aromatic carbocycles. The number of rotatable bonds is 3. The van der Waals surface area contributed by atoms with Crippen LogP contribution in [0.1, 0.15) is 35.2 Å². The Kier molecular flexibility index (Phi) is 3.38. The van der Waals surface area contributed by atoms with E-state index in [2.05, 4.69) is 16.5 Å². The molecule has 0 aliphatic heterocycles. The zero-order valence-electron chi connectivity index (χ0n) is 11.0. The number of anilines is 1. The van der Waals surface area contributed by atoms with Crippen LogP contribution in [0.25, 0.3) is 0 Å². The van der Waals surface area contributed by atoms with E-state index in [1.165, 1.54) is 17.7 Å². The van der Waals surface area contributed by atoms with Gasteiger partial charge in [0.15, 0.2) is 0 Å². The average Bonchev–Trinajstić information content (AvgIpc) is 2.88. The van der Waals surface area contributed by atoms with Gasteiger partial charge in [-0.15, -0.1) is 0 Å². The molecule has 20 heavy (non-hydrogen) atoms. The number of hydrogen-bond donors (Lipinski definition) is 3. The van der Waals surface area contributed by atoms with Crippen LogP contribution in [0, 0.1) is 5.82 Å². The first-order valence-corrected chi connectivity index (χ1v) is 6.65. The fourth-order valence-electron chi connectivity index (χ4n) is 3.01. The van der Waals surface area contributed by atoms with Crippen LogP contribution in [-0.2, 0) is 6.42 Å². The molecule has 2 atom stereocenters. The fraction of sp³-hybridized carbons (Fsp3) is 0.267. The van der Waals surface area contributed by atoms with E-state index in [0.29, 0.717) is 11.3 Å². The van der Waals surface area contributed by atoms with E-state index in [1.54, 1.807) is 12.3 Å². The Bertz CT molecular complexity index is 629. The van der Waals surface area contributed by atoms with Gasteiger partial charge in [0.1, 0.15) is 5.82 Å². The molecule has 0 saturated heterocycles. The number of nitrogens with one attached hydrogen (secondary N) is 1. The predicted molar refractivity (Wildman–Crippen MR) is 76.2 cm³/mol. The van der Waals surface area contributed by atoms with Crippen molar-refractivity contribution in [2.45, 2.75) is 24.8 Å². The lowest BCUT2D eigenvalue weighted by molar-refractivity contribution is 0.446. The van der Waals surface area contributed by atoms with Gasteiger partial charge in [-0.1, -0.05) is 6.07 Å². The van der Waals surface area contributed by atoms with Gasteiger partial charge in [0.05, 0.1) is 6.04 Å². The lowest BCUT2D eigenvalue weighted by Crippen LogP contribution is -2.32. The van der Waals surface area contributed by atoms with Gasteiger partial charge in [0.2, 0.25) is 0 Å². The highest BCUT2D eigenvalue weighted by Gasteiger charge is 2.32. The zero-order valence-corrected chi connectivity index (χ0v) is 11.0. The summed E-state index contributed by atoms with van der Waals surface area (Å²) >= 11 is 0. The number of pyridine rings is 1. The highest BCUT2D eigenvalue weighted by atomic mass is 19.1. The van der Waals surface area contributed by atoms with Crippen molar-refractivity contribution in [3.05, 3.63) is 59.2 Å². The predicted octanol–water partition coefficient (Wildman–Crippen LogP) is 2.04. The number of aromatic nitrogens is 1. The monoisotopic (exact) mass is 272 g/mol. The summed E-state index contributed by atoms with van der Waals surface area (Å²) in [5.74, 6) is 5.50. The van der Waals surface area contributed by atoms with Crippen LogP contribution >= 0.6 is 0 Å². The number of nitrogen functional groups attached to an aromatic ring is 1. The second-order valence-electron chi connectivity index (χ2n) is 5.11. The zero-order chi connectivity index (χ0) is 14.1. The average molecular weight is 272 g/mol. The van der Waals surface area contributed by atoms with Crippen LogP contribution in [0.15, 0.2) is 36.5 Å². The van der Waals surface area contributed by atoms with E-state index in [4.69, 9.17) is 11.6 Å². The van der Waals surface area contributed by atoms with Crippen LogP contribution in [-0.4, -0.2) is 4.98 Å². The summed E-state index contributed by atoms with van der Waals surface area (Å²) in [6.45, 7) is 0. The first kappa shape index (κ1) is 13.0. The molecule has 0 fully saturated rings. The number of benzene rings is 1. The summed E-state index contributed by atoms with van der Waals surface area (Å²) in [6, 6.07) is 8.15. The van der Waals surface area contributed by atoms with E-state index in [-0.39, 0.29) is 17.8 Å². The van der Waals surface area contributed by atoms with E-state index in [1.807, 2.05) is 6.07 Å². The fourth-order valence-corrected chi connectivity index (χ4v) is 3.01. The molecule has 1 aliphatic rings. The Morgan fingerprint density at radius 3 is 3.00 bits per heavy atom. The second kappa shape index (κ2) is 5.19. The molecule has 3 rings (SSSR count). The minimum Gasteiger partial charge on any atom is -0.398 e. The number of nitrogens with two attached hydrogens (primary N) is 2. The third kappa shape index (κ3) is 2.15. The molecule has 0 spiro atoms. The topological polar surface area (TPSA) is 77.0 Å². The first-order valence-electron chi connectivity index (χ1n) is 6.65. The molecule has 0 bridgehead atoms. The Labute approximate surface area is 117 Å². The lowest BCUT2D eigenvalue weighted by Gasteiger charge is -2.24. The number of halogens is 1. The molecule has 2 aromatic rings. The van der Waals surface area contributed by atoms with Crippen LogP contribution in [0.2, 0.25) is 0 Å². The molecule has 5 heteroatoms. The normalized spacial score (nSPS) is 18.8. The first-order chi connectivity index (χ1) is 9.70. The van der Waals surface area contributed by atoms with Crippen molar-refractivity contribution in [1.29, 1.82) is 0 Å². The molecule has 2 unspecified atom stereocenters. The molecule has 1 heterocycles. The molecule has 4 nitrogen and oxygen atoms in total. The summed E-state index contributed by atoms with van der Waals surface area (Å²) in [7, 11) is 0. The Balaban J connectivity index is 2.01. The number of hydrogen-bond acceptors (Lipinski definition) is 4. The molecule has 0 saturated carbocycles. The Morgan fingerprint density at radius 1 is 1.35 bits per heavy atom. The van der Waals surface area contributed by atoms with Gasteiger partial charge >= 0.3 is 0 Å². The Morgan fingerprint density at radius 2 is 2.20 bits per heavy atom. The summed E-state index contributed by atoms with van der Waals surface area (Å²) in [4.78, 5) is 4.46. The maximum Gasteiger partial charge on any atom is 0.123 e. The van der Waals surface area contributed by atoms with Crippen molar-refractivity contribution in [1.82, 2.24) is 10.4 Å². The van der Waals surface area contributed by atoms with Crippen molar-refractivity contribution in [3.8, 4) is 0 Å². The third-order valence-corrected chi connectivity index (χ3v) is 3.97. The largest absolute Gasteiger partial charge is 0.398 e. The highest BCUT2D eigenvalue weighted by Crippen LogP contribution is 2.41. The molecule has 1 aromatic heterocycles. The Hall–Kier alpha value is -1.98. The van der Waals surface area contributed by atoms with Gasteiger partial charge in [0.25, 0.3) is 0 Å². The summed E-state index contributed by atoms with van der Waals surface area (Å²) < 4.78 is 13.5. The maximum absolute atomic E-state index is 13.5. The van der Waals surface area contributed by atoms with Crippen LogP contribution < -0.4 is 17.0 Å². The van der Waals surface area contributed by atoms with Crippen LogP contribution in [0.5, 0.6) is 0 Å². The minimum absolute atomic E-state index is 0.111. The van der Waals surface area contributed by atoms with Crippen LogP contribution in [0.4, 0.5) is 10.1 Å². The summed E-state index contributed by atoms with van der Waals surface area (Å²) in [5, 5.41) is 0. The van der Waals surface area contributed by atoms with E-state index < -0.39 is 0 Å². The van der Waals surface area contributed by atoms with Crippen molar-refractivity contribution >= 4 is 5.69 Å². The van der Waals surface area contributed by atoms with E-state index >= 15 is 0 Å². The van der Waals surface area contributed by atoms with Gasteiger partial charge in [0, 0.05) is 23.5 Å². The van der Waals surface area contributed by atoms with Crippen molar-refractivity contribution < 1.29 is 4.39 Å². The second-order valence-corrected chi connectivity index (χ2v) is 5.11. The summed E-state index contributed by atoms with van der Waals surface area (Å²) in [6.07, 6.45) is 3.66. The van der Waals surface area contributed by atoms with Crippen molar-refractivity contribution in [2.24, 2.45) is 5.84 Å². The number of aryl methyl sites for hydroxylation is 1. The van der Waals surface area contributed by atoms with Gasteiger partial charge < -0.3 is 5.73 Å². The van der Waals surface area contributed by atoms with Crippen molar-refractivity contribution in [2.75, 3.05) is 5.73 Å². The van der Waals surface area contributed by atoms with Gasteiger partial charge in [-0.3, -0.25) is 16.3 Å². The quantitative estimate of drug-likeness (QED) is 0.454. The molecular weight excluding hydrogens is 255 g/mol. The van der Waals surface area contributed by atoms with E-state index in [0.717, 1.165) is 18.5 Å². The molecular formula is C15H17FN4. The minimum atomic E-state index is -0.311. The number of hydrazine groups is 1. The SMILES string of the molecule is NNC(c1cc(F)ccc1N)C1CCc2cccnc21. The molecule has 1 aliphatic carbocycles. The van der Waals surface area contributed by atoms with Gasteiger partial charge in [-0.05, 0) is 48.2 Å². The van der Waals surface area contributed by atoms with Crippen LogP contribution in [0.3, 0.4) is 0 Å². The smallest absolute Gasteiger partial charge is 0.123 e. The standard InChI is InChI=1S/C15H17FN4/c16-10-4-6-13(17)12(8-10)15(20-18)11-5-3-9-2-1-7-19-14(9)11/h1-2,4,6-8,11,15,20H,3,5,17-18H2. The maximum atomic E-state index is 13.5. The van der Waals surface area contributed by atoms with Gasteiger partial charge in [-0.2, -0.15) is 0 Å². The molecule has 0 radical (unpaired) electrons. The number of fused-ring (bicyclic) bond motifs is 1. The molecule has 104 valence electrons. The van der Waals surface area contributed by atoms with Gasteiger partial charge in [-0.25, -0.2) is 4.39 Å².